The van der Waals surface area contributed by atoms with E-state index in [2.05, 4.69) is 9.97 Å². The molecule has 3 aromatic heterocycles. The van der Waals surface area contributed by atoms with Gasteiger partial charge in [-0.3, -0.25) is 13.7 Å². The molecule has 0 amide bonds. The molecule has 0 saturated heterocycles. The van der Waals surface area contributed by atoms with Gasteiger partial charge in [-0.15, -0.1) is 0 Å². The Balaban J connectivity index is 1.60. The van der Waals surface area contributed by atoms with Crippen LogP contribution in [0.15, 0.2) is 59.8 Å². The number of hydrogen-bond donors (Lipinski definition) is 2. The molecule has 2 unspecified atom stereocenters. The van der Waals surface area contributed by atoms with Crippen molar-refractivity contribution in [2.75, 3.05) is 5.73 Å². The van der Waals surface area contributed by atoms with Crippen LogP contribution in [0.4, 0.5) is 5.69 Å². The number of nitrogens with zero attached hydrogens (tertiary/aromatic N) is 6. The second-order valence-corrected chi connectivity index (χ2v) is 8.38. The van der Waals surface area contributed by atoms with Crippen molar-refractivity contribution in [2.45, 2.75) is 38.5 Å². The van der Waals surface area contributed by atoms with Crippen molar-refractivity contribution in [1.82, 2.24) is 28.7 Å². The normalized spacial score (nSPS) is 18.1. The van der Waals surface area contributed by atoms with E-state index < -0.39 is 6.10 Å². The molecule has 5 aromatic rings. The van der Waals surface area contributed by atoms with Gasteiger partial charge in [0, 0.05) is 12.2 Å². The summed E-state index contributed by atoms with van der Waals surface area (Å²) in [6.07, 6.45) is 4.05. The van der Waals surface area contributed by atoms with Crippen molar-refractivity contribution < 1.29 is 5.11 Å². The van der Waals surface area contributed by atoms with Crippen LogP contribution < -0.4 is 11.4 Å². The van der Waals surface area contributed by atoms with Crippen molar-refractivity contribution in [3.63, 3.8) is 0 Å². The summed E-state index contributed by atoms with van der Waals surface area (Å²) in [6.45, 7) is 2.44. The number of aromatic nitrogens is 6. The van der Waals surface area contributed by atoms with Gasteiger partial charge in [-0.05, 0) is 49.1 Å². The molecule has 0 aliphatic heterocycles. The van der Waals surface area contributed by atoms with Crippen molar-refractivity contribution in [2.24, 2.45) is 0 Å². The molecule has 33 heavy (non-hydrogen) atoms. The number of nitrogen functional groups attached to an aromatic ring is 1. The molecule has 0 radical (unpaired) electrons. The average molecular weight is 441 g/mol. The van der Waals surface area contributed by atoms with Gasteiger partial charge in [0.1, 0.15) is 11.8 Å². The smallest absolute Gasteiger partial charge is 0.330 e. The first-order valence-corrected chi connectivity index (χ1v) is 11.0. The topological polar surface area (TPSA) is 117 Å². The second-order valence-electron chi connectivity index (χ2n) is 8.38. The minimum atomic E-state index is -0.527. The molecule has 2 aromatic carbocycles. The number of rotatable bonds is 3. The van der Waals surface area contributed by atoms with E-state index in [1.807, 2.05) is 43.3 Å². The summed E-state index contributed by atoms with van der Waals surface area (Å²) in [7, 11) is 0. The molecule has 3 N–H and O–H groups in total. The Bertz CT molecular complexity index is 1580. The number of aliphatic hydroxyl groups is 1. The van der Waals surface area contributed by atoms with Gasteiger partial charge in [-0.2, -0.15) is 4.98 Å². The predicted molar refractivity (Wildman–Crippen MR) is 125 cm³/mol. The van der Waals surface area contributed by atoms with E-state index in [9.17, 15) is 9.90 Å². The molecule has 2 atom stereocenters. The van der Waals surface area contributed by atoms with Crippen LogP contribution in [0.3, 0.4) is 0 Å². The van der Waals surface area contributed by atoms with Gasteiger partial charge < -0.3 is 10.8 Å². The Kier molecular flexibility index (Phi) is 4.34. The molecule has 9 nitrogen and oxygen atoms in total. The first-order chi connectivity index (χ1) is 16.1. The Morgan fingerprint density at radius 3 is 2.73 bits per heavy atom. The first kappa shape index (κ1) is 19.7. The summed E-state index contributed by atoms with van der Waals surface area (Å²) in [5.74, 6) is 0.418. The highest BCUT2D eigenvalue weighted by Gasteiger charge is 2.30. The molecule has 0 bridgehead atoms. The van der Waals surface area contributed by atoms with Gasteiger partial charge in [0.2, 0.25) is 5.95 Å². The van der Waals surface area contributed by atoms with Crippen LogP contribution in [0.25, 0.3) is 28.1 Å². The molecular formula is C24H23N7O2. The number of aryl methyl sites for hydroxylation is 1. The van der Waals surface area contributed by atoms with Crippen LogP contribution in [-0.2, 0) is 6.54 Å². The summed E-state index contributed by atoms with van der Waals surface area (Å²) >= 11 is 0. The first-order valence-electron chi connectivity index (χ1n) is 11.0. The van der Waals surface area contributed by atoms with Gasteiger partial charge in [0.05, 0.1) is 29.4 Å². The van der Waals surface area contributed by atoms with E-state index in [1.54, 1.807) is 32.3 Å². The zero-order chi connectivity index (χ0) is 22.7. The summed E-state index contributed by atoms with van der Waals surface area (Å²) in [5.41, 5.74) is 11.1. The summed E-state index contributed by atoms with van der Waals surface area (Å²) in [6, 6.07) is 13.0. The van der Waals surface area contributed by atoms with Crippen LogP contribution in [-0.4, -0.2) is 33.8 Å². The highest BCUT2D eigenvalue weighted by molar-refractivity contribution is 5.80. The molecule has 0 saturated carbocycles. The van der Waals surface area contributed by atoms with E-state index in [0.717, 1.165) is 22.2 Å². The third kappa shape index (κ3) is 2.89. The highest BCUT2D eigenvalue weighted by atomic mass is 16.3. The summed E-state index contributed by atoms with van der Waals surface area (Å²) in [5, 5.41) is 10.5. The molecule has 0 fully saturated rings. The monoisotopic (exact) mass is 441 g/mol. The number of fused-ring (bicyclic) bond motifs is 3. The summed E-state index contributed by atoms with van der Waals surface area (Å²) < 4.78 is 5.22. The highest BCUT2D eigenvalue weighted by Crippen LogP contribution is 2.38. The fourth-order valence-electron chi connectivity index (χ4n) is 4.95. The fourth-order valence-corrected chi connectivity index (χ4v) is 4.95. The number of benzene rings is 2. The van der Waals surface area contributed by atoms with E-state index in [1.165, 1.54) is 0 Å². The van der Waals surface area contributed by atoms with Gasteiger partial charge >= 0.3 is 5.69 Å². The number of imidazole rings is 2. The lowest BCUT2D eigenvalue weighted by molar-refractivity contribution is 0.147. The third-order valence-corrected chi connectivity index (χ3v) is 6.54. The van der Waals surface area contributed by atoms with E-state index in [0.29, 0.717) is 42.2 Å². The lowest BCUT2D eigenvalue weighted by atomic mass is 9.85. The Labute approximate surface area is 188 Å². The number of anilines is 1. The lowest BCUT2D eigenvalue weighted by Gasteiger charge is -2.29. The second kappa shape index (κ2) is 7.28. The van der Waals surface area contributed by atoms with Crippen molar-refractivity contribution >= 4 is 27.9 Å². The minimum Gasteiger partial charge on any atom is -0.399 e. The molecule has 6 rings (SSSR count). The molecule has 1 aliphatic rings. The van der Waals surface area contributed by atoms with Gasteiger partial charge in [-0.25, -0.2) is 14.8 Å². The van der Waals surface area contributed by atoms with Crippen molar-refractivity contribution in [1.29, 1.82) is 0 Å². The fraction of sp³-hybridized carbons (Fsp3) is 0.250. The zero-order valence-corrected chi connectivity index (χ0v) is 18.1. The van der Waals surface area contributed by atoms with Crippen LogP contribution in [0.2, 0.25) is 0 Å². The maximum absolute atomic E-state index is 13.5. The molecule has 1 aliphatic carbocycles. The maximum Gasteiger partial charge on any atom is 0.330 e. The Hall–Kier alpha value is -3.98. The molecule has 166 valence electrons. The van der Waals surface area contributed by atoms with Gasteiger partial charge in [0.15, 0.2) is 5.65 Å². The Morgan fingerprint density at radius 2 is 1.91 bits per heavy atom. The van der Waals surface area contributed by atoms with Crippen LogP contribution in [0, 0.1) is 0 Å². The maximum atomic E-state index is 13.5. The standard InChI is InChI=1S/C24H23N7O2/c1-2-29-20-12-26-23(30-13-27-17-8-7-14(25)11-19(17)30)28-22(20)31(24(29)33)18-9-10-21(32)16-6-4-3-5-15(16)18/h3-8,11-13,18,21,32H,2,9-10,25H2,1H3. The van der Waals surface area contributed by atoms with E-state index in [-0.39, 0.29) is 11.7 Å². The number of aliphatic hydroxyl groups excluding tert-OH is 1. The van der Waals surface area contributed by atoms with E-state index in [4.69, 9.17) is 10.7 Å². The zero-order valence-electron chi connectivity index (χ0n) is 18.1. The lowest BCUT2D eigenvalue weighted by Crippen LogP contribution is -2.30. The molecular weight excluding hydrogens is 418 g/mol. The van der Waals surface area contributed by atoms with Crippen LogP contribution in [0.5, 0.6) is 0 Å². The van der Waals surface area contributed by atoms with Gasteiger partial charge in [0.25, 0.3) is 0 Å². The van der Waals surface area contributed by atoms with Crippen LogP contribution in [0.1, 0.15) is 43.0 Å². The Morgan fingerprint density at radius 1 is 1.09 bits per heavy atom. The number of hydrogen-bond acceptors (Lipinski definition) is 6. The van der Waals surface area contributed by atoms with Gasteiger partial charge in [-0.1, -0.05) is 24.3 Å². The number of nitrogens with two attached hydrogens (primary N) is 1. The third-order valence-electron chi connectivity index (χ3n) is 6.54. The van der Waals surface area contributed by atoms with Crippen molar-refractivity contribution in [3.05, 3.63) is 76.6 Å². The minimum absolute atomic E-state index is 0.130. The largest absolute Gasteiger partial charge is 0.399 e. The van der Waals surface area contributed by atoms with E-state index >= 15 is 0 Å². The molecule has 0 spiro atoms. The average Bonchev–Trinajstić information content (AvgIpc) is 3.37. The van der Waals surface area contributed by atoms with Crippen molar-refractivity contribution in [3.8, 4) is 5.95 Å². The SMILES string of the molecule is CCn1c(=O)n(C2CCC(O)c3ccccc32)c2nc(-n3cnc4ccc(N)cc43)ncc21. The molecule has 9 heteroatoms. The quantitative estimate of drug-likeness (QED) is 0.416. The molecule has 3 heterocycles. The summed E-state index contributed by atoms with van der Waals surface area (Å²) in [4.78, 5) is 27.4. The van der Waals surface area contributed by atoms with Crippen LogP contribution >= 0.6 is 0 Å². The predicted octanol–water partition coefficient (Wildman–Crippen LogP) is 2.95.